The lowest BCUT2D eigenvalue weighted by atomic mass is 9.89. The number of amides is 2. The van der Waals surface area contributed by atoms with Crippen molar-refractivity contribution in [3.63, 3.8) is 0 Å². The van der Waals surface area contributed by atoms with Gasteiger partial charge in [0.2, 0.25) is 5.91 Å². The molecule has 1 atom stereocenters. The summed E-state index contributed by atoms with van der Waals surface area (Å²) in [6.45, 7) is 0.856. The maximum Gasteiger partial charge on any atom is 0.407 e. The number of nitrogens with one attached hydrogen (secondary N) is 2. The fraction of sp³-hybridized carbons (Fsp3) is 0.382. The summed E-state index contributed by atoms with van der Waals surface area (Å²) in [7, 11) is 1.87. The van der Waals surface area contributed by atoms with E-state index in [2.05, 4.69) is 22.8 Å². The van der Waals surface area contributed by atoms with Crippen LogP contribution in [0.4, 0.5) is 4.79 Å². The molecule has 3 aromatic rings. The minimum atomic E-state index is -1.34. The number of alkyl carbamates (subject to hydrolysis) is 1. The molecule has 1 saturated carbocycles. The van der Waals surface area contributed by atoms with E-state index >= 15 is 0 Å². The molecule has 8 nitrogen and oxygen atoms in total. The lowest BCUT2D eigenvalue weighted by Gasteiger charge is -2.32. The Morgan fingerprint density at radius 3 is 2.05 bits per heavy atom. The van der Waals surface area contributed by atoms with Gasteiger partial charge in [0.15, 0.2) is 0 Å². The molecule has 0 bridgehead atoms. The normalized spacial score (nSPS) is 16.5. The molecule has 5 rings (SSSR count). The van der Waals surface area contributed by atoms with Crippen LogP contribution in [0, 0.1) is 0 Å². The van der Waals surface area contributed by atoms with Crippen molar-refractivity contribution in [3.05, 3.63) is 95.6 Å². The average molecular weight is 570 g/mol. The number of carboxylic acids is 1. The minimum absolute atomic E-state index is 0.113. The summed E-state index contributed by atoms with van der Waals surface area (Å²) in [6, 6.07) is 25.0. The number of ether oxygens (including phenoxy) is 1. The maximum atomic E-state index is 13.7. The van der Waals surface area contributed by atoms with E-state index in [4.69, 9.17) is 4.74 Å². The molecule has 220 valence electrons. The molecule has 2 aliphatic carbocycles. The number of carbonyl (C=O) groups excluding carboxylic acids is 2. The lowest BCUT2D eigenvalue weighted by molar-refractivity contribution is -0.148. The van der Waals surface area contributed by atoms with Crippen LogP contribution >= 0.6 is 0 Å². The first-order chi connectivity index (χ1) is 20.4. The summed E-state index contributed by atoms with van der Waals surface area (Å²) in [5.41, 5.74) is 4.17. The molecule has 0 radical (unpaired) electrons. The Bertz CT molecular complexity index is 1360. The first-order valence-corrected chi connectivity index (χ1v) is 14.8. The van der Waals surface area contributed by atoms with Crippen molar-refractivity contribution in [2.75, 3.05) is 20.2 Å². The van der Waals surface area contributed by atoms with Crippen molar-refractivity contribution in [2.45, 2.75) is 62.6 Å². The zero-order valence-corrected chi connectivity index (χ0v) is 24.1. The number of rotatable bonds is 10. The van der Waals surface area contributed by atoms with Gasteiger partial charge in [0.1, 0.15) is 18.2 Å². The highest BCUT2D eigenvalue weighted by molar-refractivity contribution is 5.91. The van der Waals surface area contributed by atoms with Gasteiger partial charge in [-0.05, 0) is 47.7 Å². The van der Waals surface area contributed by atoms with Crippen molar-refractivity contribution < 1.29 is 24.2 Å². The number of aliphatic carboxylic acids is 1. The van der Waals surface area contributed by atoms with Crippen LogP contribution in [-0.2, 0) is 20.9 Å². The van der Waals surface area contributed by atoms with Crippen LogP contribution in [0.25, 0.3) is 11.1 Å². The molecule has 0 aromatic heterocycles. The Hall–Kier alpha value is -4.17. The molecule has 0 spiro atoms. The standard InChI is InChI=1S/C34H39N3O5/c1-37(21-24-13-5-4-6-14-24)22-30(31(38)36-34(32(39)40)19-11-2-3-12-20-34)35-33(41)42-23-29-27-17-9-7-15-25(27)26-16-8-10-18-28(26)29/h4-10,13-18,29-30H,2-3,11-12,19-23H2,1H3,(H,35,41)(H,36,38)(H,39,40). The smallest absolute Gasteiger partial charge is 0.407 e. The SMILES string of the molecule is CN(Cc1ccccc1)CC(NC(=O)OCC1c2ccccc2-c2ccccc21)C(=O)NC1(C(=O)O)CCCCCC1. The Kier molecular flexibility index (Phi) is 9.22. The zero-order valence-electron chi connectivity index (χ0n) is 24.1. The number of hydrogen-bond donors (Lipinski definition) is 3. The fourth-order valence-electron chi connectivity index (χ4n) is 6.30. The third-order valence-electron chi connectivity index (χ3n) is 8.47. The molecule has 1 unspecified atom stereocenters. The summed E-state index contributed by atoms with van der Waals surface area (Å²) in [5, 5.41) is 15.7. The molecule has 0 aliphatic heterocycles. The van der Waals surface area contributed by atoms with Gasteiger partial charge < -0.3 is 20.5 Å². The molecular weight excluding hydrogens is 530 g/mol. The third kappa shape index (κ3) is 6.65. The van der Waals surface area contributed by atoms with Crippen LogP contribution in [0.15, 0.2) is 78.9 Å². The quantitative estimate of drug-likeness (QED) is 0.285. The Labute approximate surface area is 247 Å². The number of hydrogen-bond acceptors (Lipinski definition) is 5. The van der Waals surface area contributed by atoms with E-state index in [-0.39, 0.29) is 19.1 Å². The van der Waals surface area contributed by atoms with Crippen LogP contribution in [0.2, 0.25) is 0 Å². The number of fused-ring (bicyclic) bond motifs is 3. The molecule has 0 saturated heterocycles. The highest BCUT2D eigenvalue weighted by Gasteiger charge is 2.42. The second kappa shape index (κ2) is 13.2. The molecule has 3 aromatic carbocycles. The largest absolute Gasteiger partial charge is 0.480 e. The van der Waals surface area contributed by atoms with Gasteiger partial charge in [0, 0.05) is 19.0 Å². The van der Waals surface area contributed by atoms with E-state index in [1.807, 2.05) is 78.7 Å². The average Bonchev–Trinajstić information content (AvgIpc) is 3.11. The van der Waals surface area contributed by atoms with Crippen LogP contribution < -0.4 is 10.6 Å². The number of likely N-dealkylation sites (N-methyl/N-ethyl adjacent to an activating group) is 1. The van der Waals surface area contributed by atoms with Crippen LogP contribution in [0.3, 0.4) is 0 Å². The number of benzene rings is 3. The first-order valence-electron chi connectivity index (χ1n) is 14.8. The Balaban J connectivity index is 1.30. The molecule has 42 heavy (non-hydrogen) atoms. The van der Waals surface area contributed by atoms with Gasteiger partial charge >= 0.3 is 12.1 Å². The predicted octanol–water partition coefficient (Wildman–Crippen LogP) is 5.32. The Morgan fingerprint density at radius 1 is 0.881 bits per heavy atom. The van der Waals surface area contributed by atoms with E-state index in [1.165, 1.54) is 0 Å². The van der Waals surface area contributed by atoms with Crippen LogP contribution in [0.5, 0.6) is 0 Å². The number of carbonyl (C=O) groups is 3. The van der Waals surface area contributed by atoms with Crippen molar-refractivity contribution in [1.29, 1.82) is 0 Å². The van der Waals surface area contributed by atoms with Crippen molar-refractivity contribution >= 4 is 18.0 Å². The van der Waals surface area contributed by atoms with Gasteiger partial charge in [0.25, 0.3) is 0 Å². The van der Waals surface area contributed by atoms with Gasteiger partial charge in [-0.1, -0.05) is 105 Å². The van der Waals surface area contributed by atoms with Crippen molar-refractivity contribution in [1.82, 2.24) is 15.5 Å². The summed E-state index contributed by atoms with van der Waals surface area (Å²) < 4.78 is 5.74. The second-order valence-electron chi connectivity index (χ2n) is 11.5. The summed E-state index contributed by atoms with van der Waals surface area (Å²) >= 11 is 0. The van der Waals surface area contributed by atoms with Crippen LogP contribution in [-0.4, -0.2) is 59.8 Å². The van der Waals surface area contributed by atoms with Gasteiger partial charge in [-0.2, -0.15) is 0 Å². The monoisotopic (exact) mass is 569 g/mol. The summed E-state index contributed by atoms with van der Waals surface area (Å²) in [4.78, 5) is 41.2. The van der Waals surface area contributed by atoms with E-state index in [1.54, 1.807) is 0 Å². The minimum Gasteiger partial charge on any atom is -0.480 e. The lowest BCUT2D eigenvalue weighted by Crippen LogP contribution is -2.61. The van der Waals surface area contributed by atoms with Gasteiger partial charge in [-0.3, -0.25) is 9.69 Å². The van der Waals surface area contributed by atoms with Gasteiger partial charge in [-0.15, -0.1) is 0 Å². The fourth-order valence-corrected chi connectivity index (χ4v) is 6.30. The summed E-state index contributed by atoms with van der Waals surface area (Å²) in [5.74, 6) is -1.67. The topological polar surface area (TPSA) is 108 Å². The van der Waals surface area contributed by atoms with E-state index in [0.29, 0.717) is 19.4 Å². The highest BCUT2D eigenvalue weighted by atomic mass is 16.5. The van der Waals surface area contributed by atoms with Crippen LogP contribution in [0.1, 0.15) is 61.1 Å². The predicted molar refractivity (Wildman–Crippen MR) is 161 cm³/mol. The molecular formula is C34H39N3O5. The van der Waals surface area contributed by atoms with E-state index in [0.717, 1.165) is 53.5 Å². The Morgan fingerprint density at radius 2 is 1.45 bits per heavy atom. The van der Waals surface area contributed by atoms with E-state index < -0.39 is 29.6 Å². The third-order valence-corrected chi connectivity index (χ3v) is 8.47. The number of nitrogens with zero attached hydrogens (tertiary/aromatic N) is 1. The maximum absolute atomic E-state index is 13.7. The molecule has 1 fully saturated rings. The second-order valence-corrected chi connectivity index (χ2v) is 11.5. The first kappa shape index (κ1) is 29.3. The van der Waals surface area contributed by atoms with E-state index in [9.17, 15) is 19.5 Å². The molecule has 8 heteroatoms. The zero-order chi connectivity index (χ0) is 29.5. The van der Waals surface area contributed by atoms with Crippen molar-refractivity contribution in [3.8, 4) is 11.1 Å². The molecule has 2 aliphatic rings. The van der Waals surface area contributed by atoms with Crippen molar-refractivity contribution in [2.24, 2.45) is 0 Å². The highest BCUT2D eigenvalue weighted by Crippen LogP contribution is 2.44. The number of carboxylic acid groups (broad SMARTS) is 1. The molecule has 0 heterocycles. The molecule has 2 amide bonds. The van der Waals surface area contributed by atoms with Gasteiger partial charge in [-0.25, -0.2) is 9.59 Å². The van der Waals surface area contributed by atoms with Gasteiger partial charge in [0.05, 0.1) is 0 Å². The summed E-state index contributed by atoms with van der Waals surface area (Å²) in [6.07, 6.45) is 3.35. The molecule has 3 N–H and O–H groups in total.